The molecule has 6 heteroatoms. The predicted molar refractivity (Wildman–Crippen MR) is 106 cm³/mol. The molecule has 2 unspecified atom stereocenters. The van der Waals surface area contributed by atoms with Gasteiger partial charge in [0.15, 0.2) is 0 Å². The van der Waals surface area contributed by atoms with Crippen LogP contribution in [0.15, 0.2) is 35.7 Å². The summed E-state index contributed by atoms with van der Waals surface area (Å²) in [4.78, 5) is 25.1. The van der Waals surface area contributed by atoms with E-state index >= 15 is 0 Å². The van der Waals surface area contributed by atoms with Gasteiger partial charge in [0.2, 0.25) is 0 Å². The molecular weight excluding hydrogens is 346 g/mol. The van der Waals surface area contributed by atoms with Crippen LogP contribution in [0.1, 0.15) is 53.0 Å². The van der Waals surface area contributed by atoms with E-state index in [1.54, 1.807) is 6.07 Å². The maximum absolute atomic E-state index is 12.7. The Morgan fingerprint density at radius 3 is 2.65 bits per heavy atom. The molecule has 26 heavy (non-hydrogen) atoms. The quantitative estimate of drug-likeness (QED) is 0.754. The van der Waals surface area contributed by atoms with Crippen LogP contribution in [0.5, 0.6) is 0 Å². The van der Waals surface area contributed by atoms with Crippen molar-refractivity contribution in [3.05, 3.63) is 52.4 Å². The second-order valence-electron chi connectivity index (χ2n) is 6.63. The van der Waals surface area contributed by atoms with Gasteiger partial charge in [-0.3, -0.25) is 9.59 Å². The van der Waals surface area contributed by atoms with Gasteiger partial charge in [0.25, 0.3) is 11.8 Å². The monoisotopic (exact) mass is 371 g/mol. The topological polar surface area (TPSA) is 70.2 Å². The zero-order valence-electron chi connectivity index (χ0n) is 15.2. The maximum Gasteiger partial charge on any atom is 0.256 e. The molecule has 138 valence electrons. The van der Waals surface area contributed by atoms with Crippen molar-refractivity contribution in [3.8, 4) is 0 Å². The van der Waals surface area contributed by atoms with Gasteiger partial charge in [-0.15, -0.1) is 11.3 Å². The van der Waals surface area contributed by atoms with Crippen molar-refractivity contribution in [2.24, 2.45) is 0 Å². The Hall–Kier alpha value is -2.18. The smallest absolute Gasteiger partial charge is 0.256 e. The summed E-state index contributed by atoms with van der Waals surface area (Å²) in [6.07, 6.45) is 2.96. The number of aryl methyl sites for hydroxylation is 1. The highest BCUT2D eigenvalue weighted by Crippen LogP contribution is 2.24. The molecule has 5 nitrogen and oxygen atoms in total. The number of hydrogen-bond donors (Lipinski definition) is 3. The van der Waals surface area contributed by atoms with Crippen molar-refractivity contribution < 1.29 is 9.59 Å². The van der Waals surface area contributed by atoms with Crippen LogP contribution in [0, 0.1) is 0 Å². The Morgan fingerprint density at radius 2 is 1.96 bits per heavy atom. The highest BCUT2D eigenvalue weighted by molar-refractivity contribution is 7.14. The van der Waals surface area contributed by atoms with Gasteiger partial charge in [-0.25, -0.2) is 0 Å². The molecule has 0 bridgehead atoms. The number of piperidine rings is 1. The second-order valence-corrected chi connectivity index (χ2v) is 7.55. The molecule has 0 aliphatic carbocycles. The molecular formula is C20H25N3O2S. The van der Waals surface area contributed by atoms with Gasteiger partial charge in [-0.05, 0) is 61.9 Å². The number of carbonyl (C=O) groups excluding carboxylic acids is 2. The molecule has 1 aliphatic heterocycles. The fraction of sp³-hybridized carbons (Fsp3) is 0.400. The zero-order chi connectivity index (χ0) is 18.5. The van der Waals surface area contributed by atoms with Crippen LogP contribution in [0.25, 0.3) is 0 Å². The number of rotatable bonds is 5. The van der Waals surface area contributed by atoms with Crippen LogP contribution in [0.2, 0.25) is 0 Å². The van der Waals surface area contributed by atoms with Gasteiger partial charge in [0.1, 0.15) is 5.00 Å². The average molecular weight is 372 g/mol. The number of benzene rings is 1. The van der Waals surface area contributed by atoms with E-state index in [1.165, 1.54) is 16.9 Å². The molecule has 0 saturated carbocycles. The molecule has 0 spiro atoms. The van der Waals surface area contributed by atoms with Gasteiger partial charge in [0.05, 0.1) is 5.56 Å². The number of nitrogens with one attached hydrogen (secondary N) is 3. The fourth-order valence-corrected chi connectivity index (χ4v) is 3.92. The lowest BCUT2D eigenvalue weighted by Gasteiger charge is -2.30. The summed E-state index contributed by atoms with van der Waals surface area (Å²) < 4.78 is 0. The van der Waals surface area contributed by atoms with Gasteiger partial charge in [0, 0.05) is 17.6 Å². The third-order valence-corrected chi connectivity index (χ3v) is 5.67. The minimum atomic E-state index is -0.197. The van der Waals surface area contributed by atoms with Gasteiger partial charge >= 0.3 is 0 Å². The summed E-state index contributed by atoms with van der Waals surface area (Å²) in [7, 11) is 0. The molecule has 2 heterocycles. The van der Waals surface area contributed by atoms with E-state index in [0.29, 0.717) is 16.1 Å². The Balaban J connectivity index is 1.67. The minimum absolute atomic E-state index is 0.112. The Morgan fingerprint density at radius 1 is 1.19 bits per heavy atom. The molecule has 1 fully saturated rings. The number of hydrogen-bond acceptors (Lipinski definition) is 4. The lowest BCUT2D eigenvalue weighted by Crippen LogP contribution is -2.51. The average Bonchev–Trinajstić information content (AvgIpc) is 3.12. The Kier molecular flexibility index (Phi) is 6.06. The molecule has 3 N–H and O–H groups in total. The summed E-state index contributed by atoms with van der Waals surface area (Å²) in [6, 6.07) is 9.66. The van der Waals surface area contributed by atoms with E-state index in [-0.39, 0.29) is 23.9 Å². The van der Waals surface area contributed by atoms with Crippen molar-refractivity contribution in [2.75, 3.05) is 11.9 Å². The van der Waals surface area contributed by atoms with Crippen LogP contribution >= 0.6 is 11.3 Å². The molecule has 2 atom stereocenters. The summed E-state index contributed by atoms with van der Waals surface area (Å²) >= 11 is 1.36. The van der Waals surface area contributed by atoms with Crippen molar-refractivity contribution in [3.63, 3.8) is 0 Å². The lowest BCUT2D eigenvalue weighted by molar-refractivity contribution is 0.0921. The predicted octanol–water partition coefficient (Wildman–Crippen LogP) is 3.43. The van der Waals surface area contributed by atoms with Gasteiger partial charge in [-0.1, -0.05) is 19.1 Å². The summed E-state index contributed by atoms with van der Waals surface area (Å²) in [5.74, 6) is -0.333. The van der Waals surface area contributed by atoms with Crippen molar-refractivity contribution in [1.29, 1.82) is 0 Å². The largest absolute Gasteiger partial charge is 0.348 e. The number of anilines is 1. The van der Waals surface area contributed by atoms with E-state index in [4.69, 9.17) is 0 Å². The second kappa shape index (κ2) is 8.47. The van der Waals surface area contributed by atoms with Crippen LogP contribution < -0.4 is 16.0 Å². The van der Waals surface area contributed by atoms with E-state index < -0.39 is 0 Å². The van der Waals surface area contributed by atoms with Crippen LogP contribution in [0.3, 0.4) is 0 Å². The van der Waals surface area contributed by atoms with Crippen molar-refractivity contribution in [2.45, 2.75) is 45.2 Å². The van der Waals surface area contributed by atoms with E-state index in [0.717, 1.165) is 25.8 Å². The number of amides is 2. The first kappa shape index (κ1) is 18.6. The van der Waals surface area contributed by atoms with E-state index in [2.05, 4.69) is 29.8 Å². The van der Waals surface area contributed by atoms with E-state index in [9.17, 15) is 9.59 Å². The summed E-state index contributed by atoms with van der Waals surface area (Å²) in [5.41, 5.74) is 2.30. The number of carbonyl (C=O) groups is 2. The highest BCUT2D eigenvalue weighted by Gasteiger charge is 2.24. The fourth-order valence-electron chi connectivity index (χ4n) is 3.14. The Bertz CT molecular complexity index is 770. The third kappa shape index (κ3) is 4.31. The first-order valence-electron chi connectivity index (χ1n) is 9.10. The molecule has 1 aromatic carbocycles. The summed E-state index contributed by atoms with van der Waals surface area (Å²) in [6.45, 7) is 5.15. The van der Waals surface area contributed by atoms with Crippen LogP contribution in [-0.2, 0) is 6.42 Å². The van der Waals surface area contributed by atoms with Crippen molar-refractivity contribution >= 4 is 28.2 Å². The van der Waals surface area contributed by atoms with Crippen LogP contribution in [-0.4, -0.2) is 30.4 Å². The van der Waals surface area contributed by atoms with Gasteiger partial charge in [-0.2, -0.15) is 0 Å². The Labute approximate surface area is 158 Å². The molecule has 1 aliphatic rings. The molecule has 3 rings (SSSR count). The molecule has 0 radical (unpaired) electrons. The maximum atomic E-state index is 12.7. The first-order chi connectivity index (χ1) is 12.6. The third-order valence-electron chi connectivity index (χ3n) is 4.84. The highest BCUT2D eigenvalue weighted by atomic mass is 32.1. The molecule has 1 saturated heterocycles. The molecule has 2 amide bonds. The van der Waals surface area contributed by atoms with Crippen LogP contribution in [0.4, 0.5) is 5.00 Å². The molecule has 1 aromatic heterocycles. The first-order valence-corrected chi connectivity index (χ1v) is 9.98. The summed E-state index contributed by atoms with van der Waals surface area (Å²) in [5, 5.41) is 11.8. The lowest BCUT2D eigenvalue weighted by atomic mass is 9.99. The van der Waals surface area contributed by atoms with E-state index in [1.807, 2.05) is 29.6 Å². The molecule has 2 aromatic rings. The number of thiophene rings is 1. The van der Waals surface area contributed by atoms with Crippen molar-refractivity contribution in [1.82, 2.24) is 10.6 Å². The normalized spacial score (nSPS) is 19.8. The minimum Gasteiger partial charge on any atom is -0.348 e. The SMILES string of the molecule is CCc1ccc(C(=O)Nc2sccc2C(=O)NC2CCCNC2C)cc1. The zero-order valence-corrected chi connectivity index (χ0v) is 16.0. The standard InChI is InChI=1S/C20H25N3O2S/c1-3-14-6-8-15(9-7-14)18(24)23-20-16(10-12-26-20)19(25)22-17-5-4-11-21-13(17)2/h6-10,12-13,17,21H,3-5,11H2,1-2H3,(H,22,25)(H,23,24). The van der Waals surface area contributed by atoms with Gasteiger partial charge < -0.3 is 16.0 Å².